The molecule has 2 aromatic heterocycles. The number of aromatic nitrogens is 4. The number of fused-ring (bicyclic) bond motifs is 1. The molecule has 0 saturated carbocycles. The van der Waals surface area contributed by atoms with Gasteiger partial charge in [0, 0.05) is 18.1 Å². The molecule has 0 spiro atoms. The van der Waals surface area contributed by atoms with Gasteiger partial charge < -0.3 is 20.5 Å². The molecule has 3 heterocycles. The van der Waals surface area contributed by atoms with Crippen molar-refractivity contribution >= 4 is 23.2 Å². The lowest BCUT2D eigenvalue weighted by molar-refractivity contribution is -0.138. The van der Waals surface area contributed by atoms with Gasteiger partial charge in [-0.3, -0.25) is 0 Å². The van der Waals surface area contributed by atoms with E-state index in [-0.39, 0.29) is 40.2 Å². The molecule has 33 heavy (non-hydrogen) atoms. The summed E-state index contributed by atoms with van der Waals surface area (Å²) in [5.74, 6) is -0.709. The van der Waals surface area contributed by atoms with Crippen LogP contribution in [0.1, 0.15) is 18.9 Å². The molecular formula is C20H21ClF4N6O2. The fourth-order valence-electron chi connectivity index (χ4n) is 3.45. The van der Waals surface area contributed by atoms with Crippen LogP contribution in [0.5, 0.6) is 5.75 Å². The topological polar surface area (TPSA) is 99.6 Å². The van der Waals surface area contributed by atoms with Crippen molar-refractivity contribution < 1.29 is 27.0 Å². The van der Waals surface area contributed by atoms with E-state index in [0.717, 1.165) is 23.8 Å². The van der Waals surface area contributed by atoms with Gasteiger partial charge in [-0.15, -0.1) is 0 Å². The van der Waals surface area contributed by atoms with Crippen LogP contribution in [0.3, 0.4) is 0 Å². The van der Waals surface area contributed by atoms with E-state index in [1.54, 1.807) is 13.0 Å². The third-order valence-corrected chi connectivity index (χ3v) is 5.66. The van der Waals surface area contributed by atoms with E-state index in [9.17, 15) is 13.2 Å². The van der Waals surface area contributed by atoms with E-state index >= 15 is 4.39 Å². The maximum absolute atomic E-state index is 15.3. The van der Waals surface area contributed by atoms with Crippen LogP contribution in [0, 0.1) is 12.7 Å². The summed E-state index contributed by atoms with van der Waals surface area (Å²) in [6.45, 7) is 3.64. The molecule has 1 saturated heterocycles. The monoisotopic (exact) mass is 488 g/mol. The molecule has 1 aliphatic rings. The Labute approximate surface area is 191 Å². The molecular weight excluding hydrogens is 468 g/mol. The van der Waals surface area contributed by atoms with Crippen LogP contribution in [0.2, 0.25) is 5.15 Å². The number of nitrogens with one attached hydrogen (secondary N) is 1. The Morgan fingerprint density at radius 2 is 2.06 bits per heavy atom. The minimum Gasteiger partial charge on any atom is -0.493 e. The van der Waals surface area contributed by atoms with Crippen molar-refractivity contribution in [2.75, 3.05) is 25.1 Å². The van der Waals surface area contributed by atoms with Crippen molar-refractivity contribution in [3.63, 3.8) is 0 Å². The second-order valence-corrected chi connectivity index (χ2v) is 8.41. The Bertz CT molecular complexity index is 1160. The number of nitrogens with two attached hydrogens (primary N) is 1. The van der Waals surface area contributed by atoms with Gasteiger partial charge in [-0.1, -0.05) is 11.6 Å². The summed E-state index contributed by atoms with van der Waals surface area (Å²) in [4.78, 5) is 7.92. The molecule has 178 valence electrons. The highest BCUT2D eigenvalue weighted by atomic mass is 35.5. The molecule has 13 heteroatoms. The zero-order valence-electron chi connectivity index (χ0n) is 17.7. The molecule has 1 aliphatic heterocycles. The molecule has 0 amide bonds. The molecule has 3 aromatic rings. The quantitative estimate of drug-likeness (QED) is 0.386. The van der Waals surface area contributed by atoms with Crippen molar-refractivity contribution in [1.82, 2.24) is 19.6 Å². The molecule has 1 atom stereocenters. The maximum atomic E-state index is 15.3. The Morgan fingerprint density at radius 3 is 2.67 bits per heavy atom. The number of ether oxygens (including phenoxy) is 2. The summed E-state index contributed by atoms with van der Waals surface area (Å²) in [5, 5.41) is 6.04. The summed E-state index contributed by atoms with van der Waals surface area (Å²) in [5.41, 5.74) is 5.90. The predicted octanol–water partition coefficient (Wildman–Crippen LogP) is 3.75. The number of hydrogen-bond donors (Lipinski definition) is 2. The van der Waals surface area contributed by atoms with Gasteiger partial charge in [0.05, 0.1) is 30.9 Å². The minimum atomic E-state index is -4.57. The smallest absolute Gasteiger partial charge is 0.408 e. The number of rotatable bonds is 7. The average molecular weight is 489 g/mol. The lowest BCUT2D eigenvalue weighted by Gasteiger charge is -2.37. The van der Waals surface area contributed by atoms with Gasteiger partial charge in [0.15, 0.2) is 0 Å². The highest BCUT2D eigenvalue weighted by molar-refractivity contribution is 6.33. The van der Waals surface area contributed by atoms with Crippen LogP contribution in [0.4, 0.5) is 23.4 Å². The number of nitrogens with zero attached hydrogens (tertiary/aromatic N) is 4. The summed E-state index contributed by atoms with van der Waals surface area (Å²) < 4.78 is 66.9. The molecule has 4 rings (SSSR count). The van der Waals surface area contributed by atoms with Crippen LogP contribution in [-0.4, -0.2) is 57.2 Å². The summed E-state index contributed by atoms with van der Waals surface area (Å²) in [6, 6.07) is 0.728. The van der Waals surface area contributed by atoms with Gasteiger partial charge >= 0.3 is 6.18 Å². The predicted molar refractivity (Wildman–Crippen MR) is 113 cm³/mol. The number of anilines is 1. The van der Waals surface area contributed by atoms with Crippen LogP contribution in [0.25, 0.3) is 16.9 Å². The van der Waals surface area contributed by atoms with Crippen molar-refractivity contribution in [2.24, 2.45) is 5.73 Å². The fraction of sp³-hybridized carbons (Fsp3) is 0.450. The van der Waals surface area contributed by atoms with E-state index < -0.39 is 23.6 Å². The van der Waals surface area contributed by atoms with Gasteiger partial charge in [-0.05, 0) is 25.5 Å². The van der Waals surface area contributed by atoms with E-state index in [4.69, 9.17) is 26.8 Å². The lowest BCUT2D eigenvalue weighted by Crippen LogP contribution is -2.58. The van der Waals surface area contributed by atoms with Crippen molar-refractivity contribution in [3.05, 3.63) is 35.0 Å². The number of benzene rings is 1. The Kier molecular flexibility index (Phi) is 6.10. The minimum absolute atomic E-state index is 0.0307. The van der Waals surface area contributed by atoms with Gasteiger partial charge in [0.1, 0.15) is 34.9 Å². The largest absolute Gasteiger partial charge is 0.493 e. The van der Waals surface area contributed by atoms with Crippen LogP contribution >= 0.6 is 11.6 Å². The van der Waals surface area contributed by atoms with Crippen molar-refractivity contribution in [1.29, 1.82) is 0 Å². The first-order chi connectivity index (χ1) is 15.5. The second-order valence-electron chi connectivity index (χ2n) is 8.06. The third-order valence-electron chi connectivity index (χ3n) is 5.39. The summed E-state index contributed by atoms with van der Waals surface area (Å²) in [7, 11) is 0. The first-order valence-corrected chi connectivity index (χ1v) is 10.4. The number of hydrogen-bond acceptors (Lipinski definition) is 7. The van der Waals surface area contributed by atoms with E-state index in [0.29, 0.717) is 25.2 Å². The van der Waals surface area contributed by atoms with Gasteiger partial charge in [0.25, 0.3) is 5.78 Å². The highest BCUT2D eigenvalue weighted by Crippen LogP contribution is 2.40. The number of halogens is 5. The van der Waals surface area contributed by atoms with Crippen LogP contribution < -0.4 is 15.8 Å². The van der Waals surface area contributed by atoms with Gasteiger partial charge in [0.2, 0.25) is 0 Å². The van der Waals surface area contributed by atoms with Gasteiger partial charge in [-0.2, -0.15) is 32.8 Å². The third kappa shape index (κ3) is 4.68. The molecule has 0 radical (unpaired) electrons. The van der Waals surface area contributed by atoms with Crippen molar-refractivity contribution in [3.8, 4) is 16.9 Å². The van der Waals surface area contributed by atoms with E-state index in [1.165, 1.54) is 0 Å². The Hall–Kier alpha value is -2.70. The molecule has 1 unspecified atom stereocenters. The maximum Gasteiger partial charge on any atom is 0.408 e. The van der Waals surface area contributed by atoms with Crippen molar-refractivity contribution in [2.45, 2.75) is 38.0 Å². The van der Waals surface area contributed by atoms with Gasteiger partial charge in [-0.25, -0.2) is 4.39 Å². The number of alkyl halides is 3. The molecule has 1 fully saturated rings. The van der Waals surface area contributed by atoms with Crippen LogP contribution in [-0.2, 0) is 4.74 Å². The summed E-state index contributed by atoms with van der Waals surface area (Å²) in [6.07, 6.45) is -2.93. The Morgan fingerprint density at radius 1 is 1.33 bits per heavy atom. The Balaban J connectivity index is 1.72. The molecule has 0 aliphatic carbocycles. The van der Waals surface area contributed by atoms with E-state index in [2.05, 4.69) is 20.4 Å². The molecule has 1 aromatic carbocycles. The highest BCUT2D eigenvalue weighted by Gasteiger charge is 2.38. The first-order valence-electron chi connectivity index (χ1n) is 10.0. The fourth-order valence-corrected chi connectivity index (χ4v) is 3.71. The molecule has 0 bridgehead atoms. The average Bonchev–Trinajstić information content (AvgIpc) is 3.15. The molecule has 8 nitrogen and oxygen atoms in total. The van der Waals surface area contributed by atoms with E-state index in [1.807, 2.05) is 0 Å². The number of aryl methyl sites for hydroxylation is 1. The normalized spacial score (nSPS) is 16.5. The summed E-state index contributed by atoms with van der Waals surface area (Å²) >= 11 is 6.30. The second kappa shape index (κ2) is 8.58. The SMILES string of the molecule is Cc1cc(OCCC2(N)COC2)cc(F)c1-c1c(Cl)nc2ncnn2c1NC(C)C(F)(F)F. The zero-order chi connectivity index (χ0) is 24.0. The molecule has 3 N–H and O–H groups in total. The first kappa shape index (κ1) is 23.5. The zero-order valence-corrected chi connectivity index (χ0v) is 18.5. The lowest BCUT2D eigenvalue weighted by atomic mass is 9.95. The standard InChI is InChI=1S/C20H21ClF4N6O2/c1-10-5-12(33-4-3-19(26)7-32-8-19)6-13(22)14(10)15-16(21)30-18-27-9-28-31(18)17(15)29-11(2)20(23,24)25/h5-6,9,11,29H,3-4,7-8,26H2,1-2H3. The van der Waals surface area contributed by atoms with Crippen LogP contribution in [0.15, 0.2) is 18.5 Å².